The van der Waals surface area contributed by atoms with Crippen LogP contribution in [-0.2, 0) is 10.3 Å². The number of nitrogens with one attached hydrogen (secondary N) is 1. The lowest BCUT2D eigenvalue weighted by molar-refractivity contribution is -0.130. The minimum atomic E-state index is -1.16. The maximum absolute atomic E-state index is 13.0. The fraction of sp³-hybridized carbons (Fsp3) is 0.400. The van der Waals surface area contributed by atoms with Crippen molar-refractivity contribution in [2.45, 2.75) is 57.4 Å². The Labute approximate surface area is 177 Å². The van der Waals surface area contributed by atoms with E-state index in [-0.39, 0.29) is 12.3 Å². The highest BCUT2D eigenvalue weighted by molar-refractivity contribution is 6.11. The Hall–Kier alpha value is -2.95. The van der Waals surface area contributed by atoms with Gasteiger partial charge in [0.25, 0.3) is 5.91 Å². The van der Waals surface area contributed by atoms with Gasteiger partial charge in [0.1, 0.15) is 5.54 Å². The van der Waals surface area contributed by atoms with Crippen LogP contribution in [0.4, 0.5) is 4.79 Å². The zero-order chi connectivity index (χ0) is 21.3. The number of benzene rings is 2. The largest absolute Gasteiger partial charge is 0.325 e. The van der Waals surface area contributed by atoms with Crippen molar-refractivity contribution in [3.8, 4) is 0 Å². The molecule has 1 aliphatic heterocycles. The predicted octanol–water partition coefficient (Wildman–Crippen LogP) is 4.69. The molecule has 2 aromatic rings. The number of imide groups is 1. The summed E-state index contributed by atoms with van der Waals surface area (Å²) in [7, 11) is 0. The number of hydrogen-bond donors (Lipinski definition) is 1. The molecular weight excluding hydrogens is 376 g/mol. The molecular formula is C25H28N2O3. The lowest BCUT2D eigenvalue weighted by Gasteiger charge is -2.22. The molecule has 0 aromatic heterocycles. The molecule has 1 heterocycles. The van der Waals surface area contributed by atoms with Crippen molar-refractivity contribution in [3.05, 3.63) is 70.8 Å². The van der Waals surface area contributed by atoms with Crippen LogP contribution in [0.3, 0.4) is 0 Å². The molecule has 0 radical (unpaired) electrons. The normalized spacial score (nSPS) is 22.3. The van der Waals surface area contributed by atoms with Crippen molar-refractivity contribution in [3.63, 3.8) is 0 Å². The lowest BCUT2D eigenvalue weighted by Crippen LogP contribution is -2.41. The first kappa shape index (κ1) is 20.3. The quantitative estimate of drug-likeness (QED) is 0.581. The number of amides is 3. The van der Waals surface area contributed by atoms with Gasteiger partial charge in [-0.25, -0.2) is 4.79 Å². The summed E-state index contributed by atoms with van der Waals surface area (Å²) in [5, 5.41) is 2.76. The number of aryl methyl sites for hydroxylation is 1. The smallest absolute Gasteiger partial charge is 0.319 e. The summed E-state index contributed by atoms with van der Waals surface area (Å²) in [6.07, 6.45) is 6.23. The van der Waals surface area contributed by atoms with Gasteiger partial charge < -0.3 is 5.32 Å². The molecule has 0 unspecified atom stereocenters. The lowest BCUT2D eigenvalue weighted by atomic mass is 9.84. The van der Waals surface area contributed by atoms with Crippen LogP contribution >= 0.6 is 0 Å². The molecule has 156 valence electrons. The van der Waals surface area contributed by atoms with E-state index in [0.717, 1.165) is 10.5 Å². The Morgan fingerprint density at radius 3 is 2.27 bits per heavy atom. The molecule has 0 spiro atoms. The molecule has 0 bridgehead atoms. The highest BCUT2D eigenvalue weighted by atomic mass is 16.2. The van der Waals surface area contributed by atoms with Gasteiger partial charge in [0.15, 0.2) is 5.78 Å². The molecule has 1 aliphatic carbocycles. The Kier molecular flexibility index (Phi) is 5.46. The molecule has 1 saturated carbocycles. The highest BCUT2D eigenvalue weighted by Crippen LogP contribution is 2.33. The van der Waals surface area contributed by atoms with Crippen molar-refractivity contribution in [2.24, 2.45) is 0 Å². The van der Waals surface area contributed by atoms with Crippen LogP contribution in [0.25, 0.3) is 0 Å². The third-order valence-corrected chi connectivity index (χ3v) is 6.51. The van der Waals surface area contributed by atoms with E-state index in [0.29, 0.717) is 17.0 Å². The molecule has 3 amide bonds. The van der Waals surface area contributed by atoms with Gasteiger partial charge in [-0.3, -0.25) is 14.5 Å². The van der Waals surface area contributed by atoms with Gasteiger partial charge in [-0.05, 0) is 43.7 Å². The van der Waals surface area contributed by atoms with E-state index in [2.05, 4.69) is 5.32 Å². The maximum atomic E-state index is 13.0. The summed E-state index contributed by atoms with van der Waals surface area (Å²) < 4.78 is 0. The van der Waals surface area contributed by atoms with E-state index in [9.17, 15) is 14.4 Å². The van der Waals surface area contributed by atoms with E-state index < -0.39 is 17.5 Å². The summed E-state index contributed by atoms with van der Waals surface area (Å²) >= 11 is 0. The number of rotatable bonds is 5. The van der Waals surface area contributed by atoms with Crippen LogP contribution < -0.4 is 5.32 Å². The summed E-state index contributed by atoms with van der Waals surface area (Å²) in [5.74, 6) is -0.0607. The molecule has 2 aromatic carbocycles. The highest BCUT2D eigenvalue weighted by Gasteiger charge is 2.49. The van der Waals surface area contributed by atoms with Gasteiger partial charge in [-0.2, -0.15) is 0 Å². The molecule has 5 nitrogen and oxygen atoms in total. The number of hydrogen-bond acceptors (Lipinski definition) is 3. The van der Waals surface area contributed by atoms with Crippen LogP contribution in [0, 0.1) is 6.92 Å². The van der Waals surface area contributed by atoms with Crippen LogP contribution in [-0.4, -0.2) is 29.2 Å². The fourth-order valence-corrected chi connectivity index (χ4v) is 4.54. The summed E-state index contributed by atoms with van der Waals surface area (Å²) in [5.41, 5.74) is 2.42. The minimum absolute atomic E-state index is 0.234. The summed E-state index contributed by atoms with van der Waals surface area (Å²) in [4.78, 5) is 39.4. The molecule has 2 aliphatic rings. The Morgan fingerprint density at radius 2 is 1.63 bits per heavy atom. The van der Waals surface area contributed by atoms with E-state index in [1.165, 1.54) is 37.7 Å². The minimum Gasteiger partial charge on any atom is -0.319 e. The topological polar surface area (TPSA) is 66.5 Å². The molecule has 1 N–H and O–H groups in total. The van der Waals surface area contributed by atoms with Crippen molar-refractivity contribution in [1.82, 2.24) is 10.2 Å². The zero-order valence-electron chi connectivity index (χ0n) is 17.6. The number of urea groups is 1. The first-order valence-electron chi connectivity index (χ1n) is 10.7. The van der Waals surface area contributed by atoms with Gasteiger partial charge >= 0.3 is 6.03 Å². The van der Waals surface area contributed by atoms with Crippen LogP contribution in [0.1, 0.15) is 72.0 Å². The molecule has 1 saturated heterocycles. The molecule has 30 heavy (non-hydrogen) atoms. The molecule has 1 atom stereocenters. The third kappa shape index (κ3) is 3.76. The average Bonchev–Trinajstić information content (AvgIpc) is 2.98. The first-order valence-corrected chi connectivity index (χ1v) is 10.7. The molecule has 2 fully saturated rings. The van der Waals surface area contributed by atoms with Crippen molar-refractivity contribution >= 4 is 17.7 Å². The Bertz CT molecular complexity index is 959. The summed E-state index contributed by atoms with van der Waals surface area (Å²) in [6, 6.07) is 14.6. The van der Waals surface area contributed by atoms with Crippen molar-refractivity contribution in [1.29, 1.82) is 0 Å². The number of ketones is 1. The van der Waals surface area contributed by atoms with E-state index >= 15 is 0 Å². The number of nitrogens with zero attached hydrogens (tertiary/aromatic N) is 1. The zero-order valence-corrected chi connectivity index (χ0v) is 17.6. The second-order valence-electron chi connectivity index (χ2n) is 8.69. The van der Waals surface area contributed by atoms with Crippen LogP contribution in [0.5, 0.6) is 0 Å². The number of carbonyl (C=O) groups excluding carboxylic acids is 3. The standard InChI is InChI=1S/C25H28N2O3/c1-17-8-14-21(15-9-17)25(2)23(29)27(24(30)26-25)16-22(28)20-12-10-19(11-13-20)18-6-4-3-5-7-18/h8-15,18H,3-7,16H2,1-2H3,(H,26,30)/t25-/m0/s1. The number of Topliss-reactive ketones (excluding diaryl/α,β-unsaturated/α-hetero) is 1. The maximum Gasteiger partial charge on any atom is 0.325 e. The van der Waals surface area contributed by atoms with Crippen LogP contribution in [0.15, 0.2) is 48.5 Å². The third-order valence-electron chi connectivity index (χ3n) is 6.51. The van der Waals surface area contributed by atoms with Gasteiger partial charge in [-0.15, -0.1) is 0 Å². The summed E-state index contributed by atoms with van der Waals surface area (Å²) in [6.45, 7) is 3.39. The van der Waals surface area contributed by atoms with Crippen molar-refractivity contribution in [2.75, 3.05) is 6.54 Å². The average molecular weight is 405 g/mol. The Balaban J connectivity index is 1.47. The van der Waals surface area contributed by atoms with E-state index in [4.69, 9.17) is 0 Å². The fourth-order valence-electron chi connectivity index (χ4n) is 4.54. The Morgan fingerprint density at radius 1 is 1.00 bits per heavy atom. The second kappa shape index (κ2) is 8.05. The van der Waals surface area contributed by atoms with Crippen molar-refractivity contribution < 1.29 is 14.4 Å². The predicted molar refractivity (Wildman–Crippen MR) is 115 cm³/mol. The number of carbonyl (C=O) groups is 3. The second-order valence-corrected chi connectivity index (χ2v) is 8.69. The van der Waals surface area contributed by atoms with Gasteiger partial charge in [-0.1, -0.05) is 73.4 Å². The van der Waals surface area contributed by atoms with E-state index in [1.54, 1.807) is 6.92 Å². The van der Waals surface area contributed by atoms with Crippen LogP contribution in [0.2, 0.25) is 0 Å². The molecule has 5 heteroatoms. The SMILES string of the molecule is Cc1ccc([C@]2(C)NC(=O)N(CC(=O)c3ccc(C4CCCCC4)cc3)C2=O)cc1. The molecule has 4 rings (SSSR count). The first-order chi connectivity index (χ1) is 14.4. The monoisotopic (exact) mass is 404 g/mol. The van der Waals surface area contributed by atoms with Gasteiger partial charge in [0.2, 0.25) is 0 Å². The van der Waals surface area contributed by atoms with E-state index in [1.807, 2.05) is 55.5 Å². The van der Waals surface area contributed by atoms with Gasteiger partial charge in [0.05, 0.1) is 6.54 Å². The van der Waals surface area contributed by atoms with Gasteiger partial charge in [0, 0.05) is 5.56 Å².